The summed E-state index contributed by atoms with van der Waals surface area (Å²) in [6.07, 6.45) is 0. The van der Waals surface area contributed by atoms with E-state index in [-0.39, 0.29) is 5.91 Å². The van der Waals surface area contributed by atoms with Gasteiger partial charge in [0, 0.05) is 32.2 Å². The summed E-state index contributed by atoms with van der Waals surface area (Å²) in [6.45, 7) is 7.08. The third-order valence-corrected chi connectivity index (χ3v) is 6.55. The number of hydrogen-bond acceptors (Lipinski definition) is 6. The molecule has 4 rings (SSSR count). The smallest absolute Gasteiger partial charge is 0.257 e. The highest BCUT2D eigenvalue weighted by molar-refractivity contribution is 7.22. The second kappa shape index (κ2) is 7.91. The Labute approximate surface area is 174 Å². The van der Waals surface area contributed by atoms with Gasteiger partial charge in [-0.25, -0.2) is 4.98 Å². The highest BCUT2D eigenvalue weighted by Crippen LogP contribution is 2.33. The number of anilines is 1. The molecule has 2 aromatic carbocycles. The van der Waals surface area contributed by atoms with Crippen LogP contribution in [0.25, 0.3) is 10.2 Å². The minimum absolute atomic E-state index is 0.0140. The second-order valence-corrected chi connectivity index (χ2v) is 8.25. The minimum Gasteiger partial charge on any atom is -0.497 e. The number of hydrogen-bond donors (Lipinski definition) is 0. The summed E-state index contributed by atoms with van der Waals surface area (Å²) in [5.74, 6) is 1.19. The molecule has 0 N–H and O–H groups in total. The van der Waals surface area contributed by atoms with E-state index in [1.807, 2.05) is 4.90 Å². The number of benzene rings is 2. The number of rotatable bonds is 4. The molecule has 1 aliphatic rings. The van der Waals surface area contributed by atoms with Gasteiger partial charge in [0.1, 0.15) is 11.5 Å². The number of thiazole rings is 1. The predicted octanol–water partition coefficient (Wildman–Crippen LogP) is 3.89. The van der Waals surface area contributed by atoms with Gasteiger partial charge >= 0.3 is 0 Å². The molecular weight excluding hydrogens is 386 g/mol. The van der Waals surface area contributed by atoms with Gasteiger partial charge in [0.25, 0.3) is 5.91 Å². The number of carbonyl (C=O) groups excluding carboxylic acids is 1. The monoisotopic (exact) mass is 411 g/mol. The van der Waals surface area contributed by atoms with Gasteiger partial charge in [0.2, 0.25) is 0 Å². The first-order valence-corrected chi connectivity index (χ1v) is 10.5. The van der Waals surface area contributed by atoms with Crippen molar-refractivity contribution in [3.63, 3.8) is 0 Å². The molecule has 1 aromatic heterocycles. The lowest BCUT2D eigenvalue weighted by molar-refractivity contribution is 0.0743. The van der Waals surface area contributed by atoms with Crippen molar-refractivity contribution < 1.29 is 14.3 Å². The summed E-state index contributed by atoms with van der Waals surface area (Å²) >= 11 is 1.73. The van der Waals surface area contributed by atoms with E-state index in [9.17, 15) is 4.79 Å². The summed E-state index contributed by atoms with van der Waals surface area (Å²) in [4.78, 5) is 22.0. The standard InChI is InChI=1S/C22H25N3O3S/c1-14-11-15(2)20-18(12-14)23-22(29-20)25-9-7-24(8-10-25)21(26)17-6-5-16(27-3)13-19(17)28-4/h5-6,11-13H,7-10H2,1-4H3. The number of carbonyl (C=O) groups is 1. The van der Waals surface area contributed by atoms with E-state index in [4.69, 9.17) is 14.5 Å². The van der Waals surface area contributed by atoms with Crippen LogP contribution in [-0.2, 0) is 0 Å². The molecule has 29 heavy (non-hydrogen) atoms. The number of nitrogens with zero attached hydrogens (tertiary/aromatic N) is 3. The Bertz CT molecular complexity index is 1050. The maximum atomic E-state index is 13.0. The van der Waals surface area contributed by atoms with Gasteiger partial charge in [-0.3, -0.25) is 4.79 Å². The van der Waals surface area contributed by atoms with E-state index in [0.717, 1.165) is 23.7 Å². The van der Waals surface area contributed by atoms with Crippen molar-refractivity contribution in [1.82, 2.24) is 9.88 Å². The molecular formula is C22H25N3O3S. The van der Waals surface area contributed by atoms with Crippen molar-refractivity contribution in [1.29, 1.82) is 0 Å². The zero-order valence-electron chi connectivity index (χ0n) is 17.2. The highest BCUT2D eigenvalue weighted by atomic mass is 32.1. The van der Waals surface area contributed by atoms with Crippen LogP contribution in [0.4, 0.5) is 5.13 Å². The highest BCUT2D eigenvalue weighted by Gasteiger charge is 2.26. The first kappa shape index (κ1) is 19.5. The Morgan fingerprint density at radius 1 is 1.03 bits per heavy atom. The fourth-order valence-corrected chi connectivity index (χ4v) is 4.81. The van der Waals surface area contributed by atoms with E-state index in [0.29, 0.717) is 30.2 Å². The van der Waals surface area contributed by atoms with Gasteiger partial charge in [-0.15, -0.1) is 0 Å². The maximum absolute atomic E-state index is 13.0. The Balaban J connectivity index is 1.48. The van der Waals surface area contributed by atoms with Gasteiger partial charge in [0.15, 0.2) is 5.13 Å². The molecule has 0 bridgehead atoms. The molecule has 1 saturated heterocycles. The number of fused-ring (bicyclic) bond motifs is 1. The number of aromatic nitrogens is 1. The van der Waals surface area contributed by atoms with Gasteiger partial charge in [0.05, 0.1) is 30.0 Å². The van der Waals surface area contributed by atoms with Crippen molar-refractivity contribution >= 4 is 32.6 Å². The molecule has 1 fully saturated rings. The fraction of sp³-hybridized carbons (Fsp3) is 0.364. The summed E-state index contributed by atoms with van der Waals surface area (Å²) in [5, 5.41) is 1.03. The lowest BCUT2D eigenvalue weighted by Crippen LogP contribution is -2.48. The van der Waals surface area contributed by atoms with Crippen LogP contribution in [-0.4, -0.2) is 56.2 Å². The van der Waals surface area contributed by atoms with E-state index in [1.165, 1.54) is 15.8 Å². The lowest BCUT2D eigenvalue weighted by Gasteiger charge is -2.34. The third-order valence-electron chi connectivity index (χ3n) is 5.29. The fourth-order valence-electron chi connectivity index (χ4n) is 3.75. The zero-order chi connectivity index (χ0) is 20.5. The SMILES string of the molecule is COc1ccc(C(=O)N2CCN(c3nc4cc(C)cc(C)c4s3)CC2)c(OC)c1. The van der Waals surface area contributed by atoms with E-state index >= 15 is 0 Å². The van der Waals surface area contributed by atoms with Crippen LogP contribution in [0.15, 0.2) is 30.3 Å². The van der Waals surface area contributed by atoms with Crippen LogP contribution in [0, 0.1) is 13.8 Å². The van der Waals surface area contributed by atoms with Gasteiger partial charge in [-0.05, 0) is 43.2 Å². The molecule has 0 unspecified atom stereocenters. The summed E-state index contributed by atoms with van der Waals surface area (Å²) < 4.78 is 11.9. The number of piperazine rings is 1. The molecule has 7 heteroatoms. The maximum Gasteiger partial charge on any atom is 0.257 e. The number of amides is 1. The number of ether oxygens (including phenoxy) is 2. The third kappa shape index (κ3) is 3.74. The normalized spacial score (nSPS) is 14.3. The molecule has 0 spiro atoms. The molecule has 0 aliphatic carbocycles. The molecule has 3 aromatic rings. The van der Waals surface area contributed by atoms with Gasteiger partial charge < -0.3 is 19.3 Å². The number of methoxy groups -OCH3 is 2. The summed E-state index contributed by atoms with van der Waals surface area (Å²) in [5.41, 5.74) is 4.12. The largest absolute Gasteiger partial charge is 0.497 e. The van der Waals surface area contributed by atoms with Crippen molar-refractivity contribution in [3.8, 4) is 11.5 Å². The predicted molar refractivity (Wildman–Crippen MR) is 117 cm³/mol. The minimum atomic E-state index is -0.0140. The van der Waals surface area contributed by atoms with Crippen LogP contribution in [0.2, 0.25) is 0 Å². The van der Waals surface area contributed by atoms with Crippen molar-refractivity contribution in [2.24, 2.45) is 0 Å². The second-order valence-electron chi connectivity index (χ2n) is 7.27. The Kier molecular flexibility index (Phi) is 5.32. The summed E-state index contributed by atoms with van der Waals surface area (Å²) in [6, 6.07) is 9.64. The van der Waals surface area contributed by atoms with Crippen molar-refractivity contribution in [3.05, 3.63) is 47.0 Å². The first-order valence-electron chi connectivity index (χ1n) is 9.64. The average Bonchev–Trinajstić information content (AvgIpc) is 3.17. The molecule has 0 radical (unpaired) electrons. The van der Waals surface area contributed by atoms with Crippen LogP contribution in [0.3, 0.4) is 0 Å². The average molecular weight is 412 g/mol. The Hall–Kier alpha value is -2.80. The Morgan fingerprint density at radius 3 is 2.48 bits per heavy atom. The number of aryl methyl sites for hydroxylation is 2. The quantitative estimate of drug-likeness (QED) is 0.652. The van der Waals surface area contributed by atoms with Crippen molar-refractivity contribution in [2.75, 3.05) is 45.3 Å². The molecule has 6 nitrogen and oxygen atoms in total. The molecule has 2 heterocycles. The van der Waals surface area contributed by atoms with E-state index in [2.05, 4.69) is 30.9 Å². The van der Waals surface area contributed by atoms with Gasteiger partial charge in [-0.2, -0.15) is 0 Å². The molecule has 0 saturated carbocycles. The van der Waals surface area contributed by atoms with E-state index < -0.39 is 0 Å². The summed E-state index contributed by atoms with van der Waals surface area (Å²) in [7, 11) is 3.17. The topological polar surface area (TPSA) is 54.9 Å². The van der Waals surface area contributed by atoms with Crippen molar-refractivity contribution in [2.45, 2.75) is 13.8 Å². The zero-order valence-corrected chi connectivity index (χ0v) is 18.0. The molecule has 1 amide bonds. The molecule has 0 atom stereocenters. The Morgan fingerprint density at radius 2 is 1.79 bits per heavy atom. The van der Waals surface area contributed by atoms with Crippen LogP contribution < -0.4 is 14.4 Å². The lowest BCUT2D eigenvalue weighted by atomic mass is 10.1. The van der Waals surface area contributed by atoms with Crippen LogP contribution >= 0.6 is 11.3 Å². The van der Waals surface area contributed by atoms with Crippen LogP contribution in [0.5, 0.6) is 11.5 Å². The molecule has 152 valence electrons. The van der Waals surface area contributed by atoms with E-state index in [1.54, 1.807) is 43.8 Å². The van der Waals surface area contributed by atoms with Gasteiger partial charge in [-0.1, -0.05) is 17.4 Å². The molecule has 1 aliphatic heterocycles. The first-order chi connectivity index (χ1) is 14.0. The van der Waals surface area contributed by atoms with Crippen LogP contribution in [0.1, 0.15) is 21.5 Å².